The van der Waals surface area contributed by atoms with Crippen molar-refractivity contribution >= 4 is 34.6 Å². The lowest BCUT2D eigenvalue weighted by molar-refractivity contribution is 0.303. The highest BCUT2D eigenvalue weighted by Gasteiger charge is 2.18. The first-order chi connectivity index (χ1) is 40.0. The van der Waals surface area contributed by atoms with Gasteiger partial charge in [0, 0.05) is 73.0 Å². The molecule has 0 radical (unpaired) electrons. The van der Waals surface area contributed by atoms with E-state index in [4.69, 9.17) is 49.3 Å². The van der Waals surface area contributed by atoms with Gasteiger partial charge < -0.3 is 47.7 Å². The third kappa shape index (κ3) is 23.1. The molecule has 3 atom stereocenters. The van der Waals surface area contributed by atoms with E-state index >= 15 is 0 Å². The van der Waals surface area contributed by atoms with Crippen molar-refractivity contribution < 1.29 is 18.6 Å². The van der Waals surface area contributed by atoms with E-state index in [9.17, 15) is 9.65 Å². The molecule has 3 aromatic carbocycles. The first kappa shape index (κ1) is 67.5. The fourth-order valence-electron chi connectivity index (χ4n) is 8.42. The van der Waals surface area contributed by atoms with Crippen LogP contribution in [0.3, 0.4) is 0 Å². The molecule has 23 heteroatoms. The maximum absolute atomic E-state index is 13.7. The highest BCUT2D eigenvalue weighted by Crippen LogP contribution is 2.23. The highest BCUT2D eigenvalue weighted by molar-refractivity contribution is 6.00. The van der Waals surface area contributed by atoms with Crippen LogP contribution in [-0.2, 0) is 0 Å². The Kier molecular flexibility index (Phi) is 27.7. The van der Waals surface area contributed by atoms with Crippen LogP contribution in [0.15, 0.2) is 131 Å². The molecular formula is C61H88FN19O3. The van der Waals surface area contributed by atoms with Gasteiger partial charge in [-0.05, 0) is 155 Å². The SMILES string of the molecule is Cc1cc(OC[C@H](C)Nc2ccncc2)cc(/C(=N/N)N(N)CC(C)C)c1.Cc1cc(OC[C@H](C)Nc2ccncc2C#N)cc(/C(=N/N)N(N)CC(C)C)c1.Cc1cc(OC[C@H](C)Nc2ccncc2F)cc(/C(=N/N)N(N)CC(C)C)c1. The monoisotopic (exact) mass is 1150 g/mol. The first-order valence-electron chi connectivity index (χ1n) is 27.8. The van der Waals surface area contributed by atoms with E-state index in [0.717, 1.165) is 50.5 Å². The molecule has 3 aromatic heterocycles. The summed E-state index contributed by atoms with van der Waals surface area (Å²) in [6.07, 6.45) is 9.40. The van der Waals surface area contributed by atoms with E-state index in [1.165, 1.54) is 18.6 Å². The van der Waals surface area contributed by atoms with Gasteiger partial charge in [-0.2, -0.15) is 20.6 Å². The smallest absolute Gasteiger partial charge is 0.169 e. The number of hydrogen-bond acceptors (Lipinski definition) is 19. The molecule has 0 amide bonds. The molecule has 0 unspecified atom stereocenters. The van der Waals surface area contributed by atoms with Crippen LogP contribution in [0.5, 0.6) is 17.2 Å². The molecule has 0 saturated heterocycles. The summed E-state index contributed by atoms with van der Waals surface area (Å²) in [5, 5.41) is 35.2. The minimum absolute atomic E-state index is 0.0249. The largest absolute Gasteiger partial charge is 0.491 e. The topological polar surface area (TPSA) is 329 Å². The molecule has 6 rings (SSSR count). The summed E-state index contributed by atoms with van der Waals surface area (Å²) in [6.45, 7) is 27.6. The number of ether oxygens (including phenoxy) is 3. The number of nitrogens with two attached hydrogens (primary N) is 6. The van der Waals surface area contributed by atoms with Gasteiger partial charge in [-0.25, -0.2) is 21.9 Å². The number of hydrazone groups is 3. The number of nitrogens with one attached hydrogen (secondary N) is 3. The Labute approximate surface area is 495 Å². The number of anilines is 3. The number of nitrogens with zero attached hydrogens (tertiary/aromatic N) is 10. The lowest BCUT2D eigenvalue weighted by Gasteiger charge is -2.23. The Morgan fingerprint density at radius 2 is 0.857 bits per heavy atom. The zero-order chi connectivity index (χ0) is 61.9. The van der Waals surface area contributed by atoms with E-state index in [1.54, 1.807) is 45.8 Å². The van der Waals surface area contributed by atoms with Crippen molar-refractivity contribution in [1.82, 2.24) is 30.0 Å². The van der Waals surface area contributed by atoms with Gasteiger partial charge in [0.25, 0.3) is 0 Å². The van der Waals surface area contributed by atoms with Crippen molar-refractivity contribution in [1.29, 1.82) is 5.26 Å². The second-order valence-electron chi connectivity index (χ2n) is 21.8. The molecule has 0 spiro atoms. The molecule has 6 aromatic rings. The summed E-state index contributed by atoms with van der Waals surface area (Å²) in [6, 6.07) is 26.7. The predicted molar refractivity (Wildman–Crippen MR) is 336 cm³/mol. The highest BCUT2D eigenvalue weighted by atomic mass is 19.1. The third-order valence-electron chi connectivity index (χ3n) is 11.9. The van der Waals surface area contributed by atoms with Crippen molar-refractivity contribution in [2.75, 3.05) is 55.4 Å². The van der Waals surface area contributed by atoms with Crippen LogP contribution in [-0.4, -0.2) is 105 Å². The number of pyridine rings is 3. The zero-order valence-electron chi connectivity index (χ0n) is 50.7. The van der Waals surface area contributed by atoms with Crippen molar-refractivity contribution in [3.8, 4) is 23.3 Å². The molecule has 0 aliphatic rings. The van der Waals surface area contributed by atoms with E-state index < -0.39 is 5.82 Å². The van der Waals surface area contributed by atoms with E-state index in [0.29, 0.717) is 97.5 Å². The van der Waals surface area contributed by atoms with Gasteiger partial charge in [-0.3, -0.25) is 30.0 Å². The van der Waals surface area contributed by atoms with Crippen LogP contribution < -0.4 is 65.2 Å². The average Bonchev–Trinajstić information content (AvgIpc) is 3.60. The van der Waals surface area contributed by atoms with Gasteiger partial charge in [0.05, 0.1) is 41.3 Å². The van der Waals surface area contributed by atoms with Crippen LogP contribution in [0, 0.1) is 55.7 Å². The van der Waals surface area contributed by atoms with E-state index in [-0.39, 0.29) is 18.1 Å². The van der Waals surface area contributed by atoms with Gasteiger partial charge in [-0.1, -0.05) is 41.5 Å². The van der Waals surface area contributed by atoms with Crippen molar-refractivity contribution in [3.63, 3.8) is 0 Å². The van der Waals surface area contributed by atoms with Crippen molar-refractivity contribution in [2.24, 2.45) is 68.1 Å². The third-order valence-corrected chi connectivity index (χ3v) is 11.9. The molecule has 0 bridgehead atoms. The standard InChI is InChI=1S/C21H29N7O.C20H29FN6O.C20H30N6O/c1-14(2)12-28(24)21(27-23)17-7-15(3)8-19(9-17)29-13-16(4)26-20-5-6-25-11-18(20)10-22;1-13(2)11-27(23)20(26-22)16-7-14(3)8-17(9-16)28-12-15(4)25-19-5-6-24-10-18(19)21;1-14(2)12-26(22)20(25-21)17-9-15(3)10-19(11-17)27-13-16(4)24-18-5-7-23-8-6-18/h5-9,11,14,16H,12-13,23-24H2,1-4H3,(H,25,26);5-10,13,15H,11-12,22-23H2,1-4H3,(H,24,25);5-11,14,16H,12-13,21-22H2,1-4H3,(H,23,24)/b27-21-;26-20-;25-20-/t16-;15-;16-/m000/s1. The number of aromatic nitrogens is 3. The van der Waals surface area contributed by atoms with Gasteiger partial charge in [0.2, 0.25) is 0 Å². The van der Waals surface area contributed by atoms with Crippen LogP contribution in [0.2, 0.25) is 0 Å². The molecule has 84 heavy (non-hydrogen) atoms. The Morgan fingerprint density at radius 3 is 1.21 bits per heavy atom. The molecule has 0 fully saturated rings. The van der Waals surface area contributed by atoms with Crippen LogP contribution in [0.1, 0.15) is 101 Å². The molecule has 452 valence electrons. The summed E-state index contributed by atoms with van der Waals surface area (Å²) in [7, 11) is 0. The maximum Gasteiger partial charge on any atom is 0.169 e. The molecule has 15 N–H and O–H groups in total. The Hall–Kier alpha value is -8.98. The average molecular weight is 1150 g/mol. The number of aryl methyl sites for hydroxylation is 3. The molecule has 0 aliphatic carbocycles. The van der Waals surface area contributed by atoms with Crippen LogP contribution in [0.4, 0.5) is 21.5 Å². The van der Waals surface area contributed by atoms with Crippen LogP contribution in [0.25, 0.3) is 0 Å². The maximum atomic E-state index is 13.7. The first-order valence-corrected chi connectivity index (χ1v) is 27.8. The normalized spacial score (nSPS) is 12.6. The Balaban J connectivity index is 0.000000270. The Bertz CT molecular complexity index is 3100. The second-order valence-corrected chi connectivity index (χ2v) is 21.8. The van der Waals surface area contributed by atoms with Crippen molar-refractivity contribution in [2.45, 2.75) is 101 Å². The molecule has 0 aliphatic heterocycles. The minimum Gasteiger partial charge on any atom is -0.491 e. The summed E-state index contributed by atoms with van der Waals surface area (Å²) in [5.74, 6) is 39.6. The molecule has 0 saturated carbocycles. The molecule has 3 heterocycles. The fourth-order valence-corrected chi connectivity index (χ4v) is 8.42. The van der Waals surface area contributed by atoms with Crippen LogP contribution >= 0.6 is 0 Å². The number of rotatable bonds is 24. The number of hydrazine groups is 3. The lowest BCUT2D eigenvalue weighted by Crippen LogP contribution is -2.41. The van der Waals surface area contributed by atoms with Crippen molar-refractivity contribution in [3.05, 3.63) is 161 Å². The summed E-state index contributed by atoms with van der Waals surface area (Å²) < 4.78 is 31.6. The fraction of sp³-hybridized carbons (Fsp3) is 0.393. The summed E-state index contributed by atoms with van der Waals surface area (Å²) >= 11 is 0. The van der Waals surface area contributed by atoms with Gasteiger partial charge in [-0.15, -0.1) is 0 Å². The number of benzene rings is 3. The minimum atomic E-state index is -0.399. The predicted octanol–water partition coefficient (Wildman–Crippen LogP) is 8.18. The zero-order valence-corrected chi connectivity index (χ0v) is 50.7. The molecule has 22 nitrogen and oxygen atoms in total. The quantitative estimate of drug-likeness (QED) is 0.0119. The number of nitriles is 1. The summed E-state index contributed by atoms with van der Waals surface area (Å²) in [4.78, 5) is 11.7. The van der Waals surface area contributed by atoms with Gasteiger partial charge in [0.1, 0.15) is 43.1 Å². The summed E-state index contributed by atoms with van der Waals surface area (Å²) in [5.41, 5.74) is 8.10. The molecular weight excluding hydrogens is 1070 g/mol. The second kappa shape index (κ2) is 34.5. The van der Waals surface area contributed by atoms with E-state index in [2.05, 4.69) is 101 Å². The Morgan fingerprint density at radius 1 is 0.512 bits per heavy atom. The number of amidine groups is 3. The van der Waals surface area contributed by atoms with Gasteiger partial charge in [0.15, 0.2) is 23.3 Å². The van der Waals surface area contributed by atoms with E-state index in [1.807, 2.05) is 101 Å². The number of hydrogen-bond donors (Lipinski definition) is 9. The lowest BCUT2D eigenvalue weighted by atomic mass is 10.1. The van der Waals surface area contributed by atoms with Gasteiger partial charge >= 0.3 is 0 Å². The number of halogens is 1.